The number of halogens is 3. The van der Waals surface area contributed by atoms with Crippen LogP contribution in [0.2, 0.25) is 0 Å². The molecule has 0 heterocycles. The van der Waals surface area contributed by atoms with E-state index in [1.54, 1.807) is 24.3 Å². The van der Waals surface area contributed by atoms with Crippen molar-refractivity contribution in [3.05, 3.63) is 58.6 Å². The van der Waals surface area contributed by atoms with Crippen LogP contribution in [0, 0.1) is 11.6 Å². The van der Waals surface area contributed by atoms with Gasteiger partial charge in [-0.1, -0.05) is 22.0 Å². The second-order valence-electron chi connectivity index (χ2n) is 3.69. The molecule has 0 unspecified atom stereocenters. The van der Waals surface area contributed by atoms with Crippen LogP contribution in [0.5, 0.6) is 0 Å². The second kappa shape index (κ2) is 5.26. The first-order valence-electron chi connectivity index (χ1n) is 5.12. The Bertz CT molecular complexity index is 719. The minimum atomic E-state index is -3.95. The Morgan fingerprint density at radius 2 is 1.74 bits per heavy atom. The molecule has 0 aromatic heterocycles. The van der Waals surface area contributed by atoms with Crippen LogP contribution in [0.3, 0.4) is 0 Å². The highest BCUT2D eigenvalue weighted by Crippen LogP contribution is 2.20. The van der Waals surface area contributed by atoms with Gasteiger partial charge in [-0.15, -0.1) is 0 Å². The summed E-state index contributed by atoms with van der Waals surface area (Å²) >= 11 is 3.20. The SMILES string of the molecule is O=S(=O)(Nc1cccc(Br)c1)c1ccc(F)c(F)c1. The molecular weight excluding hydrogens is 340 g/mol. The molecule has 0 aliphatic rings. The van der Waals surface area contributed by atoms with Gasteiger partial charge in [0, 0.05) is 10.2 Å². The van der Waals surface area contributed by atoms with Crippen molar-refractivity contribution in [3.63, 3.8) is 0 Å². The van der Waals surface area contributed by atoms with Crippen LogP contribution in [0.1, 0.15) is 0 Å². The van der Waals surface area contributed by atoms with E-state index >= 15 is 0 Å². The highest BCUT2D eigenvalue weighted by molar-refractivity contribution is 9.10. The lowest BCUT2D eigenvalue weighted by molar-refractivity contribution is 0.504. The van der Waals surface area contributed by atoms with Gasteiger partial charge < -0.3 is 0 Å². The first-order chi connectivity index (χ1) is 8.88. The molecule has 1 N–H and O–H groups in total. The summed E-state index contributed by atoms with van der Waals surface area (Å²) in [6.07, 6.45) is 0. The molecule has 0 amide bonds. The van der Waals surface area contributed by atoms with Crippen LogP contribution in [-0.4, -0.2) is 8.42 Å². The summed E-state index contributed by atoms with van der Waals surface area (Å²) in [6, 6.07) is 8.88. The van der Waals surface area contributed by atoms with E-state index in [0.29, 0.717) is 16.2 Å². The molecular formula is C12H8BrF2NO2S. The maximum atomic E-state index is 13.0. The number of rotatable bonds is 3. The number of anilines is 1. The third kappa shape index (κ3) is 3.30. The zero-order chi connectivity index (χ0) is 14.0. The molecule has 19 heavy (non-hydrogen) atoms. The van der Waals surface area contributed by atoms with E-state index in [9.17, 15) is 17.2 Å². The van der Waals surface area contributed by atoms with Gasteiger partial charge in [0.2, 0.25) is 0 Å². The lowest BCUT2D eigenvalue weighted by Gasteiger charge is -2.08. The molecule has 0 spiro atoms. The van der Waals surface area contributed by atoms with Gasteiger partial charge >= 0.3 is 0 Å². The van der Waals surface area contributed by atoms with Crippen molar-refractivity contribution in [1.29, 1.82) is 0 Å². The molecule has 3 nitrogen and oxygen atoms in total. The summed E-state index contributed by atoms with van der Waals surface area (Å²) in [5.41, 5.74) is 0.319. The molecule has 0 saturated heterocycles. The summed E-state index contributed by atoms with van der Waals surface area (Å²) in [7, 11) is -3.95. The molecule has 0 aliphatic heterocycles. The van der Waals surface area contributed by atoms with Crippen molar-refractivity contribution in [2.75, 3.05) is 4.72 Å². The molecule has 0 atom stereocenters. The monoisotopic (exact) mass is 347 g/mol. The number of nitrogens with one attached hydrogen (secondary N) is 1. The highest BCUT2D eigenvalue weighted by atomic mass is 79.9. The third-order valence-electron chi connectivity index (χ3n) is 2.28. The molecule has 2 aromatic rings. The Balaban J connectivity index is 2.35. The molecule has 2 rings (SSSR count). The van der Waals surface area contributed by atoms with Gasteiger partial charge in [0.05, 0.1) is 4.90 Å². The Morgan fingerprint density at radius 3 is 2.37 bits per heavy atom. The number of hydrogen-bond donors (Lipinski definition) is 1. The van der Waals surface area contributed by atoms with E-state index in [1.807, 2.05) is 0 Å². The topological polar surface area (TPSA) is 46.2 Å². The van der Waals surface area contributed by atoms with Gasteiger partial charge in [0.15, 0.2) is 11.6 Å². The van der Waals surface area contributed by atoms with Gasteiger partial charge in [0.25, 0.3) is 10.0 Å². The Morgan fingerprint density at radius 1 is 1.00 bits per heavy atom. The van der Waals surface area contributed by atoms with E-state index < -0.39 is 21.7 Å². The lowest BCUT2D eigenvalue weighted by Crippen LogP contribution is -2.13. The zero-order valence-corrected chi connectivity index (χ0v) is 11.8. The van der Waals surface area contributed by atoms with E-state index in [1.165, 1.54) is 0 Å². The Kier molecular flexibility index (Phi) is 3.86. The molecule has 0 radical (unpaired) electrons. The standard InChI is InChI=1S/C12H8BrF2NO2S/c13-8-2-1-3-9(6-8)16-19(17,18)10-4-5-11(14)12(15)7-10/h1-7,16H. The van der Waals surface area contributed by atoms with Crippen LogP contribution >= 0.6 is 15.9 Å². The van der Waals surface area contributed by atoms with E-state index in [2.05, 4.69) is 20.7 Å². The number of hydrogen-bond acceptors (Lipinski definition) is 2. The largest absolute Gasteiger partial charge is 0.280 e. The molecule has 0 fully saturated rings. The van der Waals surface area contributed by atoms with Crippen molar-refractivity contribution in [3.8, 4) is 0 Å². The van der Waals surface area contributed by atoms with Crippen LogP contribution < -0.4 is 4.72 Å². The van der Waals surface area contributed by atoms with Crippen molar-refractivity contribution in [2.24, 2.45) is 0 Å². The summed E-state index contributed by atoms with van der Waals surface area (Å²) in [5.74, 6) is -2.31. The number of sulfonamides is 1. The van der Waals surface area contributed by atoms with E-state index in [-0.39, 0.29) is 4.90 Å². The van der Waals surface area contributed by atoms with Crippen LogP contribution in [0.25, 0.3) is 0 Å². The maximum Gasteiger partial charge on any atom is 0.261 e. The fraction of sp³-hybridized carbons (Fsp3) is 0. The van der Waals surface area contributed by atoms with Gasteiger partial charge in [-0.2, -0.15) is 0 Å². The average Bonchev–Trinajstić information content (AvgIpc) is 2.32. The van der Waals surface area contributed by atoms with Crippen molar-refractivity contribution in [1.82, 2.24) is 0 Å². The normalized spacial score (nSPS) is 11.3. The van der Waals surface area contributed by atoms with Crippen molar-refractivity contribution < 1.29 is 17.2 Å². The Hall–Kier alpha value is -1.47. The molecule has 0 aliphatic carbocycles. The third-order valence-corrected chi connectivity index (χ3v) is 4.15. The minimum Gasteiger partial charge on any atom is -0.280 e. The van der Waals surface area contributed by atoms with Gasteiger partial charge in [-0.3, -0.25) is 4.72 Å². The first kappa shape index (κ1) is 14.0. The van der Waals surface area contributed by atoms with Crippen LogP contribution in [0.15, 0.2) is 51.8 Å². The van der Waals surface area contributed by atoms with Crippen molar-refractivity contribution >= 4 is 31.6 Å². The predicted molar refractivity (Wildman–Crippen MR) is 71.3 cm³/mol. The highest BCUT2D eigenvalue weighted by Gasteiger charge is 2.16. The molecule has 7 heteroatoms. The fourth-order valence-corrected chi connectivity index (χ4v) is 2.87. The fourth-order valence-electron chi connectivity index (χ4n) is 1.41. The lowest BCUT2D eigenvalue weighted by atomic mass is 10.3. The summed E-state index contributed by atoms with van der Waals surface area (Å²) in [6.45, 7) is 0. The van der Waals surface area contributed by atoms with E-state index in [4.69, 9.17) is 0 Å². The number of benzene rings is 2. The average molecular weight is 348 g/mol. The van der Waals surface area contributed by atoms with Crippen LogP contribution in [-0.2, 0) is 10.0 Å². The first-order valence-corrected chi connectivity index (χ1v) is 7.39. The van der Waals surface area contributed by atoms with Crippen molar-refractivity contribution in [2.45, 2.75) is 4.90 Å². The van der Waals surface area contributed by atoms with Gasteiger partial charge in [-0.25, -0.2) is 17.2 Å². The summed E-state index contributed by atoms with van der Waals surface area (Å²) < 4.78 is 52.7. The molecule has 100 valence electrons. The molecule has 0 saturated carbocycles. The minimum absolute atomic E-state index is 0.319. The zero-order valence-electron chi connectivity index (χ0n) is 9.40. The quantitative estimate of drug-likeness (QED) is 0.923. The smallest absolute Gasteiger partial charge is 0.261 e. The summed E-state index contributed by atoms with van der Waals surface area (Å²) in [5, 5.41) is 0. The Labute approximate surface area is 117 Å². The van der Waals surface area contributed by atoms with Gasteiger partial charge in [-0.05, 0) is 36.4 Å². The second-order valence-corrected chi connectivity index (χ2v) is 6.29. The predicted octanol–water partition coefficient (Wildman–Crippen LogP) is 3.53. The molecule has 2 aromatic carbocycles. The van der Waals surface area contributed by atoms with Crippen LogP contribution in [0.4, 0.5) is 14.5 Å². The maximum absolute atomic E-state index is 13.0. The van der Waals surface area contributed by atoms with Gasteiger partial charge in [0.1, 0.15) is 0 Å². The summed E-state index contributed by atoms with van der Waals surface area (Å²) in [4.78, 5) is -0.341. The van der Waals surface area contributed by atoms with E-state index in [0.717, 1.165) is 12.1 Å². The molecule has 0 bridgehead atoms.